The first-order valence-corrected chi connectivity index (χ1v) is 2.99. The maximum Gasteiger partial charge on any atom is 0.301 e. The molecule has 0 saturated carbocycles. The van der Waals surface area contributed by atoms with Gasteiger partial charge in [0.15, 0.2) is 10.7 Å². The van der Waals surface area contributed by atoms with E-state index in [2.05, 4.69) is 20.4 Å². The van der Waals surface area contributed by atoms with Crippen molar-refractivity contribution in [3.63, 3.8) is 0 Å². The van der Waals surface area contributed by atoms with Gasteiger partial charge in [0.2, 0.25) is 0 Å². The van der Waals surface area contributed by atoms with E-state index in [9.17, 15) is 9.81 Å². The van der Waals surface area contributed by atoms with Gasteiger partial charge < -0.3 is 9.68 Å². The molecular weight excluding hydrogens is 152 g/mol. The molecule has 0 aliphatic heterocycles. The van der Waals surface area contributed by atoms with E-state index in [1.165, 1.54) is 0 Å². The van der Waals surface area contributed by atoms with Crippen molar-refractivity contribution in [1.29, 1.82) is 0 Å². The fourth-order valence-electron chi connectivity index (χ4n) is 0.414. The standard InChI is InChI=1S/C5H10N2O4/c1-5(2,3)4(10-6-8)11-7-9/h4H,1-3H3. The smallest absolute Gasteiger partial charge is 0.301 e. The molecule has 0 rings (SSSR count). The Hall–Kier alpha value is -1.20. The topological polar surface area (TPSA) is 77.3 Å². The zero-order chi connectivity index (χ0) is 8.91. The molecule has 0 atom stereocenters. The highest BCUT2D eigenvalue weighted by atomic mass is 16.9. The molecule has 6 nitrogen and oxygen atoms in total. The summed E-state index contributed by atoms with van der Waals surface area (Å²) in [7, 11) is 0. The minimum absolute atomic E-state index is 0.512. The highest BCUT2D eigenvalue weighted by molar-refractivity contribution is 4.64. The zero-order valence-electron chi connectivity index (χ0n) is 6.60. The molecule has 0 aromatic carbocycles. The van der Waals surface area contributed by atoms with Gasteiger partial charge in [-0.15, -0.1) is 9.81 Å². The molecule has 11 heavy (non-hydrogen) atoms. The molecule has 0 aromatic heterocycles. The summed E-state index contributed by atoms with van der Waals surface area (Å²) < 4.78 is 0. The van der Waals surface area contributed by atoms with E-state index in [-0.39, 0.29) is 0 Å². The third-order valence-electron chi connectivity index (χ3n) is 0.985. The second-order valence-electron chi connectivity index (χ2n) is 3.06. The molecule has 0 aromatic rings. The second kappa shape index (κ2) is 3.85. The minimum Gasteiger partial charge on any atom is -0.315 e. The van der Waals surface area contributed by atoms with Crippen LogP contribution in [-0.2, 0) is 9.68 Å². The maximum absolute atomic E-state index is 9.64. The van der Waals surface area contributed by atoms with Gasteiger partial charge in [-0.3, -0.25) is 0 Å². The fourth-order valence-corrected chi connectivity index (χ4v) is 0.414. The Kier molecular flexibility index (Phi) is 3.43. The summed E-state index contributed by atoms with van der Waals surface area (Å²) in [5, 5.41) is 4.29. The van der Waals surface area contributed by atoms with Crippen molar-refractivity contribution in [2.75, 3.05) is 0 Å². The quantitative estimate of drug-likeness (QED) is 0.358. The van der Waals surface area contributed by atoms with E-state index in [0.29, 0.717) is 0 Å². The Bertz CT molecular complexity index is 132. The number of hydrogen-bond donors (Lipinski definition) is 0. The largest absolute Gasteiger partial charge is 0.315 e. The van der Waals surface area contributed by atoms with Crippen molar-refractivity contribution in [2.24, 2.45) is 16.1 Å². The lowest BCUT2D eigenvalue weighted by Gasteiger charge is -2.22. The lowest BCUT2D eigenvalue weighted by molar-refractivity contribution is -0.197. The molecule has 0 N–H and O–H groups in total. The van der Waals surface area contributed by atoms with Crippen molar-refractivity contribution in [2.45, 2.75) is 27.1 Å². The first kappa shape index (κ1) is 9.80. The molecule has 0 aliphatic rings. The molecule has 0 saturated heterocycles. The van der Waals surface area contributed by atoms with Crippen LogP contribution < -0.4 is 0 Å². The zero-order valence-corrected chi connectivity index (χ0v) is 6.60. The maximum atomic E-state index is 9.64. The van der Waals surface area contributed by atoms with Crippen LogP contribution in [0.5, 0.6) is 0 Å². The molecule has 0 bridgehead atoms. The molecule has 0 spiro atoms. The van der Waals surface area contributed by atoms with Gasteiger partial charge >= 0.3 is 6.29 Å². The molecule has 0 heterocycles. The first-order chi connectivity index (χ1) is 5.02. The van der Waals surface area contributed by atoms with Gasteiger partial charge in [0, 0.05) is 5.41 Å². The number of nitrogens with zero attached hydrogens (tertiary/aromatic N) is 2. The van der Waals surface area contributed by atoms with Crippen LogP contribution in [0.2, 0.25) is 0 Å². The van der Waals surface area contributed by atoms with Crippen molar-refractivity contribution >= 4 is 0 Å². The van der Waals surface area contributed by atoms with E-state index < -0.39 is 11.7 Å². The average molecular weight is 162 g/mol. The Balaban J connectivity index is 4.08. The summed E-state index contributed by atoms with van der Waals surface area (Å²) in [4.78, 5) is 27.7. The first-order valence-electron chi connectivity index (χ1n) is 2.99. The van der Waals surface area contributed by atoms with Gasteiger partial charge in [-0.05, 0) is 0 Å². The van der Waals surface area contributed by atoms with Gasteiger partial charge in [0.05, 0.1) is 0 Å². The number of rotatable bonds is 4. The molecule has 0 amide bonds. The summed E-state index contributed by atoms with van der Waals surface area (Å²) in [5.41, 5.74) is -0.512. The predicted molar refractivity (Wildman–Crippen MR) is 37.0 cm³/mol. The van der Waals surface area contributed by atoms with Crippen molar-refractivity contribution in [1.82, 2.24) is 0 Å². The monoisotopic (exact) mass is 162 g/mol. The van der Waals surface area contributed by atoms with E-state index in [4.69, 9.17) is 0 Å². The summed E-state index contributed by atoms with van der Waals surface area (Å²) in [6, 6.07) is 0. The third kappa shape index (κ3) is 3.49. The molecular formula is C5H10N2O4. The van der Waals surface area contributed by atoms with Crippen LogP contribution >= 0.6 is 0 Å². The van der Waals surface area contributed by atoms with E-state index in [0.717, 1.165) is 0 Å². The second-order valence-corrected chi connectivity index (χ2v) is 3.06. The molecule has 0 fully saturated rings. The van der Waals surface area contributed by atoms with Gasteiger partial charge in [0.25, 0.3) is 0 Å². The predicted octanol–water partition coefficient (Wildman–Crippen LogP) is 1.75. The van der Waals surface area contributed by atoms with Crippen LogP contribution in [0.15, 0.2) is 10.7 Å². The normalized spacial score (nSPS) is 10.9. The third-order valence-corrected chi connectivity index (χ3v) is 0.985. The van der Waals surface area contributed by atoms with E-state index in [1.807, 2.05) is 0 Å². The van der Waals surface area contributed by atoms with Crippen LogP contribution in [0.1, 0.15) is 20.8 Å². The highest BCUT2D eigenvalue weighted by Crippen LogP contribution is 2.23. The molecule has 64 valence electrons. The average Bonchev–Trinajstić information content (AvgIpc) is 1.85. The van der Waals surface area contributed by atoms with Crippen LogP contribution in [-0.4, -0.2) is 6.29 Å². The molecule has 6 heteroatoms. The lowest BCUT2D eigenvalue weighted by Crippen LogP contribution is -2.28. The summed E-state index contributed by atoms with van der Waals surface area (Å²) in [6.45, 7) is 5.15. The van der Waals surface area contributed by atoms with E-state index in [1.54, 1.807) is 20.8 Å². The van der Waals surface area contributed by atoms with Crippen LogP contribution in [0.3, 0.4) is 0 Å². The van der Waals surface area contributed by atoms with Crippen LogP contribution in [0.4, 0.5) is 0 Å². The van der Waals surface area contributed by atoms with Crippen molar-refractivity contribution in [3.8, 4) is 0 Å². The Morgan fingerprint density at radius 1 is 1.09 bits per heavy atom. The van der Waals surface area contributed by atoms with Crippen molar-refractivity contribution < 1.29 is 9.68 Å². The molecule has 0 radical (unpaired) electrons. The summed E-state index contributed by atoms with van der Waals surface area (Å²) in [5.74, 6) is 0. The fraction of sp³-hybridized carbons (Fsp3) is 1.00. The van der Waals surface area contributed by atoms with Gasteiger partial charge in [-0.25, -0.2) is 0 Å². The SMILES string of the molecule is CC(C)(C)C(ON=O)ON=O. The van der Waals surface area contributed by atoms with Gasteiger partial charge in [0.1, 0.15) is 0 Å². The summed E-state index contributed by atoms with van der Waals surface area (Å²) >= 11 is 0. The Morgan fingerprint density at radius 2 is 1.45 bits per heavy atom. The molecule has 0 unspecified atom stereocenters. The molecule has 0 aliphatic carbocycles. The van der Waals surface area contributed by atoms with Crippen LogP contribution in [0.25, 0.3) is 0 Å². The van der Waals surface area contributed by atoms with Gasteiger partial charge in [-0.1, -0.05) is 20.8 Å². The van der Waals surface area contributed by atoms with Crippen molar-refractivity contribution in [3.05, 3.63) is 9.81 Å². The Morgan fingerprint density at radius 3 is 1.64 bits per heavy atom. The minimum atomic E-state index is -1.03. The number of hydrogen-bond acceptors (Lipinski definition) is 6. The Labute approximate surface area is 63.7 Å². The van der Waals surface area contributed by atoms with Gasteiger partial charge in [-0.2, -0.15) is 0 Å². The lowest BCUT2D eigenvalue weighted by atomic mass is 9.96. The highest BCUT2D eigenvalue weighted by Gasteiger charge is 2.29. The van der Waals surface area contributed by atoms with E-state index >= 15 is 0 Å². The summed E-state index contributed by atoms with van der Waals surface area (Å²) in [6.07, 6.45) is -1.03. The van der Waals surface area contributed by atoms with Crippen LogP contribution in [0, 0.1) is 15.2 Å².